The van der Waals surface area contributed by atoms with E-state index in [9.17, 15) is 5.26 Å². The first-order valence-electron chi connectivity index (χ1n) is 22.2. The van der Waals surface area contributed by atoms with Gasteiger partial charge in [0.15, 0.2) is 17.5 Å². The van der Waals surface area contributed by atoms with Gasteiger partial charge in [-0.05, 0) is 112 Å². The minimum absolute atomic E-state index is 0.0952. The highest BCUT2D eigenvalue weighted by Gasteiger charge is 2.47. The normalized spacial score (nSPS) is 17.3. The quantitative estimate of drug-likeness (QED) is 0.161. The number of aromatic nitrogens is 3. The number of allylic oxidation sites excluding steroid dienone is 8. The number of benzene rings is 6. The Morgan fingerprint density at radius 2 is 1.15 bits per heavy atom. The van der Waals surface area contributed by atoms with E-state index in [-0.39, 0.29) is 5.41 Å². The van der Waals surface area contributed by atoms with Crippen LogP contribution in [0, 0.1) is 11.3 Å². The third kappa shape index (κ3) is 6.85. The van der Waals surface area contributed by atoms with Crippen LogP contribution in [0.5, 0.6) is 0 Å². The lowest BCUT2D eigenvalue weighted by Crippen LogP contribution is -2.28. The molecule has 0 saturated heterocycles. The van der Waals surface area contributed by atoms with Crippen LogP contribution in [0.1, 0.15) is 85.1 Å². The summed E-state index contributed by atoms with van der Waals surface area (Å²) in [5.74, 6) is 2.36. The maximum absolute atomic E-state index is 9.88. The van der Waals surface area contributed by atoms with Gasteiger partial charge in [-0.25, -0.2) is 15.0 Å². The minimum Gasteiger partial charge on any atom is -0.208 e. The molecule has 4 aliphatic rings. The summed E-state index contributed by atoms with van der Waals surface area (Å²) in [6, 6.07) is 54.3. The number of hydrogen-bond donors (Lipinski definition) is 0. The Morgan fingerprint density at radius 3 is 1.77 bits per heavy atom. The molecule has 298 valence electrons. The lowest BCUT2D eigenvalue weighted by atomic mass is 9.66. The molecule has 0 radical (unpaired) electrons. The first kappa shape index (κ1) is 37.8. The zero-order valence-corrected chi connectivity index (χ0v) is 34.8. The number of nitrogens with zero attached hydrogens (tertiary/aromatic N) is 4. The lowest BCUT2D eigenvalue weighted by molar-refractivity contribution is 0.352. The van der Waals surface area contributed by atoms with E-state index in [1.165, 1.54) is 82.2 Å². The van der Waals surface area contributed by atoms with Crippen LogP contribution in [0.2, 0.25) is 0 Å². The molecule has 62 heavy (non-hydrogen) atoms. The van der Waals surface area contributed by atoms with Crippen molar-refractivity contribution >= 4 is 11.1 Å². The van der Waals surface area contributed by atoms with Crippen LogP contribution in [0.4, 0.5) is 0 Å². The molecule has 1 aromatic heterocycles. The summed E-state index contributed by atoms with van der Waals surface area (Å²) < 4.78 is 0. The Hall–Kier alpha value is -7.22. The predicted molar refractivity (Wildman–Crippen MR) is 253 cm³/mol. The Morgan fingerprint density at radius 1 is 0.548 bits per heavy atom. The highest BCUT2D eigenvalue weighted by atomic mass is 15.0. The molecule has 4 heteroatoms. The van der Waals surface area contributed by atoms with Gasteiger partial charge in [-0.1, -0.05) is 177 Å². The average molecular weight is 799 g/mol. The summed E-state index contributed by atoms with van der Waals surface area (Å²) in [6.45, 7) is 0. The summed E-state index contributed by atoms with van der Waals surface area (Å²) in [7, 11) is 0. The van der Waals surface area contributed by atoms with E-state index in [1.807, 2.05) is 36.4 Å². The van der Waals surface area contributed by atoms with Gasteiger partial charge in [-0.3, -0.25) is 0 Å². The summed E-state index contributed by atoms with van der Waals surface area (Å²) in [4.78, 5) is 15.0. The van der Waals surface area contributed by atoms with E-state index in [2.05, 4.69) is 146 Å². The molecule has 4 aliphatic carbocycles. The van der Waals surface area contributed by atoms with Crippen molar-refractivity contribution in [3.05, 3.63) is 209 Å². The van der Waals surface area contributed by atoms with E-state index >= 15 is 0 Å². The topological polar surface area (TPSA) is 62.5 Å². The summed E-state index contributed by atoms with van der Waals surface area (Å²) >= 11 is 0. The van der Waals surface area contributed by atoms with Crippen LogP contribution in [0.3, 0.4) is 0 Å². The Kier molecular flexibility index (Phi) is 9.74. The third-order valence-corrected chi connectivity index (χ3v) is 13.6. The molecule has 0 amide bonds. The maximum atomic E-state index is 9.88. The summed E-state index contributed by atoms with van der Waals surface area (Å²) in [5, 5.41) is 9.88. The molecule has 0 aliphatic heterocycles. The van der Waals surface area contributed by atoms with Crippen LogP contribution < -0.4 is 0 Å². The van der Waals surface area contributed by atoms with Crippen LogP contribution in [0.15, 0.2) is 182 Å². The number of hydrogen-bond acceptors (Lipinski definition) is 4. The van der Waals surface area contributed by atoms with Gasteiger partial charge in [0, 0.05) is 28.0 Å². The fraction of sp³-hybridized carbons (Fsp3) is 0.172. The van der Waals surface area contributed by atoms with E-state index < -0.39 is 0 Å². The second-order valence-corrected chi connectivity index (χ2v) is 17.2. The van der Waals surface area contributed by atoms with Crippen LogP contribution >= 0.6 is 0 Å². The molecule has 1 atom stereocenters. The molecule has 6 aromatic carbocycles. The van der Waals surface area contributed by atoms with E-state index in [4.69, 9.17) is 15.0 Å². The summed E-state index contributed by atoms with van der Waals surface area (Å²) in [5.41, 5.74) is 18.0. The molecule has 1 heterocycles. The van der Waals surface area contributed by atoms with E-state index in [1.54, 1.807) is 0 Å². The molecular formula is C58H46N4. The zero-order valence-electron chi connectivity index (χ0n) is 34.8. The monoisotopic (exact) mass is 798 g/mol. The second kappa shape index (κ2) is 16.0. The number of rotatable bonds is 7. The molecule has 1 saturated carbocycles. The zero-order chi connectivity index (χ0) is 41.5. The molecular weight excluding hydrogens is 753 g/mol. The van der Waals surface area contributed by atoms with Crippen molar-refractivity contribution in [3.63, 3.8) is 0 Å². The molecule has 1 spiro atoms. The van der Waals surface area contributed by atoms with Crippen molar-refractivity contribution in [2.24, 2.45) is 0 Å². The largest absolute Gasteiger partial charge is 0.208 e. The third-order valence-electron chi connectivity index (χ3n) is 13.6. The Balaban J connectivity index is 0.880. The predicted octanol–water partition coefficient (Wildman–Crippen LogP) is 14.5. The molecule has 1 unspecified atom stereocenters. The summed E-state index contributed by atoms with van der Waals surface area (Å²) in [6.07, 6.45) is 20.6. The molecule has 4 nitrogen and oxygen atoms in total. The van der Waals surface area contributed by atoms with Gasteiger partial charge < -0.3 is 0 Å². The van der Waals surface area contributed by atoms with Crippen molar-refractivity contribution in [2.45, 2.75) is 62.7 Å². The number of fused-ring (bicyclic) bond motifs is 5. The fourth-order valence-electron chi connectivity index (χ4n) is 10.5. The highest BCUT2D eigenvalue weighted by Crippen LogP contribution is 2.60. The molecule has 1 fully saturated rings. The van der Waals surface area contributed by atoms with Gasteiger partial charge in [0.1, 0.15) is 0 Å². The molecule has 0 N–H and O–H groups in total. The molecule has 0 bridgehead atoms. The minimum atomic E-state index is 0.0952. The van der Waals surface area contributed by atoms with Crippen LogP contribution in [-0.4, -0.2) is 15.0 Å². The Labute approximate surface area is 364 Å². The number of nitriles is 1. The molecule has 7 aromatic rings. The van der Waals surface area contributed by atoms with Crippen molar-refractivity contribution in [3.8, 4) is 62.5 Å². The highest BCUT2D eigenvalue weighted by molar-refractivity contribution is 6.05. The van der Waals surface area contributed by atoms with Gasteiger partial charge >= 0.3 is 0 Å². The van der Waals surface area contributed by atoms with Crippen molar-refractivity contribution < 1.29 is 0 Å². The van der Waals surface area contributed by atoms with Crippen molar-refractivity contribution in [1.82, 2.24) is 15.0 Å². The molecule has 11 rings (SSSR count). The fourth-order valence-corrected chi connectivity index (χ4v) is 10.5. The van der Waals surface area contributed by atoms with Gasteiger partial charge in [0.05, 0.1) is 11.6 Å². The standard InChI is InChI=1S/C58H46N4/c59-38-39-20-33-52-51(36-39)54-50(18-11-19-53(54)58(52)34-8-3-9-35-58)44-27-21-42(22-28-44)48-16-10-17-49(37-48)43-25-31-47(32-26-43)57-61-55(45-14-6-2-7-15-45)60-56(62-57)46-29-23-41(24-30-46)40-12-4-1-5-13-40/h1-2,4-7,10,12,14-17,19-33,36-37,40H,3,8-9,11,13,18,34-35H2. The second-order valence-electron chi connectivity index (χ2n) is 17.2. The van der Waals surface area contributed by atoms with E-state index in [0.717, 1.165) is 52.6 Å². The first-order chi connectivity index (χ1) is 30.6. The van der Waals surface area contributed by atoms with Gasteiger partial charge in [-0.2, -0.15) is 5.26 Å². The van der Waals surface area contributed by atoms with Crippen LogP contribution in [-0.2, 0) is 5.41 Å². The van der Waals surface area contributed by atoms with Gasteiger partial charge in [0.25, 0.3) is 0 Å². The van der Waals surface area contributed by atoms with E-state index in [0.29, 0.717) is 23.4 Å². The van der Waals surface area contributed by atoms with Gasteiger partial charge in [-0.15, -0.1) is 0 Å². The smallest absolute Gasteiger partial charge is 0.164 e. The Bertz CT molecular complexity index is 2990. The lowest BCUT2D eigenvalue weighted by Gasteiger charge is -2.37. The average Bonchev–Trinajstić information content (AvgIpc) is 3.62. The SMILES string of the molecule is N#Cc1ccc2c(c1)C1=C(c3ccc(-c4cccc(-c5ccc(-c6nc(-c7ccccc7)nc(-c7ccc(C8C=CC=CC8)cc7)n6)cc5)c4)cc3)CCC=C1C21CCCCC1. The maximum Gasteiger partial charge on any atom is 0.164 e. The van der Waals surface area contributed by atoms with Crippen molar-refractivity contribution in [2.75, 3.05) is 0 Å². The van der Waals surface area contributed by atoms with Crippen LogP contribution in [0.25, 0.3) is 67.6 Å². The van der Waals surface area contributed by atoms with Gasteiger partial charge in [0.2, 0.25) is 0 Å². The van der Waals surface area contributed by atoms with Crippen molar-refractivity contribution in [1.29, 1.82) is 5.26 Å². The first-order valence-corrected chi connectivity index (χ1v) is 22.2.